The Morgan fingerprint density at radius 1 is 1.54 bits per heavy atom. The summed E-state index contributed by atoms with van der Waals surface area (Å²) in [5, 5.41) is 6.68. The first kappa shape index (κ1) is 8.00. The fourth-order valence-corrected chi connectivity index (χ4v) is 0.984. The largest absolute Gasteiger partial charge is 0.459 e. The summed E-state index contributed by atoms with van der Waals surface area (Å²) in [7, 11) is 1.82. The normalized spacial score (nSPS) is 10.5. The van der Waals surface area contributed by atoms with E-state index in [1.807, 2.05) is 7.05 Å². The molecule has 0 saturated heterocycles. The first-order valence-electron chi connectivity index (χ1n) is 3.91. The Balaban J connectivity index is 2.23. The van der Waals surface area contributed by atoms with E-state index < -0.39 is 0 Å². The Morgan fingerprint density at radius 3 is 3.15 bits per heavy atom. The van der Waals surface area contributed by atoms with Gasteiger partial charge >= 0.3 is 0 Å². The molecule has 5 heteroatoms. The van der Waals surface area contributed by atoms with Crippen molar-refractivity contribution < 1.29 is 8.94 Å². The molecule has 0 radical (unpaired) electrons. The lowest BCUT2D eigenvalue weighted by Gasteiger charge is -1.86. The summed E-state index contributed by atoms with van der Waals surface area (Å²) >= 11 is 0. The van der Waals surface area contributed by atoms with Gasteiger partial charge in [0.1, 0.15) is 0 Å². The number of aromatic nitrogens is 2. The molecule has 2 heterocycles. The molecular weight excluding hydrogens is 170 g/mol. The van der Waals surface area contributed by atoms with Gasteiger partial charge in [0.05, 0.1) is 12.8 Å². The van der Waals surface area contributed by atoms with Gasteiger partial charge in [-0.1, -0.05) is 5.16 Å². The van der Waals surface area contributed by atoms with Crippen molar-refractivity contribution >= 4 is 0 Å². The number of hydrogen-bond acceptors (Lipinski definition) is 5. The summed E-state index contributed by atoms with van der Waals surface area (Å²) < 4.78 is 10.1. The van der Waals surface area contributed by atoms with Crippen LogP contribution in [0.3, 0.4) is 0 Å². The molecule has 2 rings (SSSR count). The maximum absolute atomic E-state index is 5.09. The van der Waals surface area contributed by atoms with Crippen LogP contribution in [0.5, 0.6) is 0 Å². The summed E-state index contributed by atoms with van der Waals surface area (Å²) in [5.74, 6) is 1.62. The molecule has 2 aromatic heterocycles. The molecule has 0 aromatic carbocycles. The lowest BCUT2D eigenvalue weighted by atomic mass is 10.4. The Bertz CT molecular complexity index is 366. The van der Waals surface area contributed by atoms with E-state index in [1.54, 1.807) is 18.4 Å². The van der Waals surface area contributed by atoms with E-state index in [4.69, 9.17) is 8.94 Å². The summed E-state index contributed by atoms with van der Waals surface area (Å²) in [6.45, 7) is 0.588. The van der Waals surface area contributed by atoms with Crippen molar-refractivity contribution in [2.45, 2.75) is 6.54 Å². The SMILES string of the molecule is CNCc1noc(-c2ccco2)n1. The predicted octanol–water partition coefficient (Wildman–Crippen LogP) is 1.05. The third-order valence-corrected chi connectivity index (χ3v) is 1.53. The Hall–Kier alpha value is -1.62. The second-order valence-electron chi connectivity index (χ2n) is 2.52. The molecule has 13 heavy (non-hydrogen) atoms. The summed E-state index contributed by atoms with van der Waals surface area (Å²) in [5.41, 5.74) is 0. The highest BCUT2D eigenvalue weighted by molar-refractivity contribution is 5.42. The average Bonchev–Trinajstić information content (AvgIpc) is 2.70. The third kappa shape index (κ3) is 1.59. The molecular formula is C8H9N3O2. The van der Waals surface area contributed by atoms with E-state index in [0.717, 1.165) is 0 Å². The van der Waals surface area contributed by atoms with Gasteiger partial charge < -0.3 is 14.3 Å². The van der Waals surface area contributed by atoms with Gasteiger partial charge in [0.2, 0.25) is 0 Å². The van der Waals surface area contributed by atoms with Crippen molar-refractivity contribution in [3.63, 3.8) is 0 Å². The van der Waals surface area contributed by atoms with E-state index in [9.17, 15) is 0 Å². The molecule has 0 aliphatic heterocycles. The van der Waals surface area contributed by atoms with E-state index in [1.165, 1.54) is 0 Å². The van der Waals surface area contributed by atoms with Crippen LogP contribution < -0.4 is 5.32 Å². The average molecular weight is 179 g/mol. The molecule has 0 unspecified atom stereocenters. The highest BCUT2D eigenvalue weighted by atomic mass is 16.5. The smallest absolute Gasteiger partial charge is 0.293 e. The summed E-state index contributed by atoms with van der Waals surface area (Å²) in [6.07, 6.45) is 1.57. The molecule has 5 nitrogen and oxygen atoms in total. The molecule has 0 atom stereocenters. The van der Waals surface area contributed by atoms with Crippen LogP contribution >= 0.6 is 0 Å². The van der Waals surface area contributed by atoms with Gasteiger partial charge in [-0.15, -0.1) is 0 Å². The van der Waals surface area contributed by atoms with Crippen LogP contribution in [0, 0.1) is 0 Å². The monoisotopic (exact) mass is 179 g/mol. The first-order valence-corrected chi connectivity index (χ1v) is 3.91. The molecule has 0 amide bonds. The first-order chi connectivity index (χ1) is 6.40. The zero-order valence-corrected chi connectivity index (χ0v) is 7.15. The van der Waals surface area contributed by atoms with Crippen molar-refractivity contribution in [3.05, 3.63) is 24.2 Å². The minimum Gasteiger partial charge on any atom is -0.459 e. The number of hydrogen-bond donors (Lipinski definition) is 1. The van der Waals surface area contributed by atoms with Crippen molar-refractivity contribution in [3.8, 4) is 11.7 Å². The topological polar surface area (TPSA) is 64.1 Å². The van der Waals surface area contributed by atoms with Gasteiger partial charge in [-0.3, -0.25) is 0 Å². The fourth-order valence-electron chi connectivity index (χ4n) is 0.984. The molecule has 0 saturated carbocycles. The lowest BCUT2D eigenvalue weighted by Crippen LogP contribution is -2.06. The van der Waals surface area contributed by atoms with Crippen LogP contribution in [-0.2, 0) is 6.54 Å². The molecule has 0 fully saturated rings. The predicted molar refractivity (Wildman–Crippen MR) is 44.8 cm³/mol. The molecule has 0 aliphatic carbocycles. The number of rotatable bonds is 3. The van der Waals surface area contributed by atoms with Crippen molar-refractivity contribution in [1.29, 1.82) is 0 Å². The molecule has 1 N–H and O–H groups in total. The van der Waals surface area contributed by atoms with E-state index in [-0.39, 0.29) is 0 Å². The maximum Gasteiger partial charge on any atom is 0.293 e. The molecule has 0 spiro atoms. The zero-order chi connectivity index (χ0) is 9.10. The van der Waals surface area contributed by atoms with E-state index in [0.29, 0.717) is 24.0 Å². The van der Waals surface area contributed by atoms with Crippen molar-refractivity contribution in [2.24, 2.45) is 0 Å². The summed E-state index contributed by atoms with van der Waals surface area (Å²) in [4.78, 5) is 4.11. The maximum atomic E-state index is 5.09. The second kappa shape index (κ2) is 3.40. The molecule has 0 aliphatic rings. The zero-order valence-electron chi connectivity index (χ0n) is 7.15. The minimum atomic E-state index is 0.412. The van der Waals surface area contributed by atoms with Gasteiger partial charge in [-0.05, 0) is 19.2 Å². The Kier molecular flexibility index (Phi) is 2.09. The second-order valence-corrected chi connectivity index (χ2v) is 2.52. The third-order valence-electron chi connectivity index (χ3n) is 1.53. The summed E-state index contributed by atoms with van der Waals surface area (Å²) in [6, 6.07) is 3.55. The van der Waals surface area contributed by atoms with Crippen LogP contribution in [0.2, 0.25) is 0 Å². The van der Waals surface area contributed by atoms with Gasteiger partial charge in [0.25, 0.3) is 5.89 Å². The van der Waals surface area contributed by atoms with E-state index >= 15 is 0 Å². The highest BCUT2D eigenvalue weighted by Crippen LogP contribution is 2.16. The Labute approximate surface area is 74.7 Å². The van der Waals surface area contributed by atoms with Crippen LogP contribution in [-0.4, -0.2) is 17.2 Å². The van der Waals surface area contributed by atoms with Crippen molar-refractivity contribution in [1.82, 2.24) is 15.5 Å². The van der Waals surface area contributed by atoms with Gasteiger partial charge in [-0.2, -0.15) is 4.98 Å². The standard InChI is InChI=1S/C8H9N3O2/c1-9-5-7-10-8(13-11-7)6-3-2-4-12-6/h2-4,9H,5H2,1H3. The molecule has 0 bridgehead atoms. The number of furan rings is 1. The fraction of sp³-hybridized carbons (Fsp3) is 0.250. The minimum absolute atomic E-state index is 0.412. The lowest BCUT2D eigenvalue weighted by molar-refractivity contribution is 0.407. The molecule has 68 valence electrons. The van der Waals surface area contributed by atoms with Gasteiger partial charge in [0, 0.05) is 0 Å². The van der Waals surface area contributed by atoms with Gasteiger partial charge in [-0.25, -0.2) is 0 Å². The Morgan fingerprint density at radius 2 is 2.46 bits per heavy atom. The number of nitrogens with zero attached hydrogens (tertiary/aromatic N) is 2. The van der Waals surface area contributed by atoms with Crippen LogP contribution in [0.15, 0.2) is 27.3 Å². The number of nitrogens with one attached hydrogen (secondary N) is 1. The quantitative estimate of drug-likeness (QED) is 0.762. The highest BCUT2D eigenvalue weighted by Gasteiger charge is 2.09. The van der Waals surface area contributed by atoms with E-state index in [2.05, 4.69) is 15.5 Å². The van der Waals surface area contributed by atoms with Crippen LogP contribution in [0.1, 0.15) is 5.82 Å². The van der Waals surface area contributed by atoms with Crippen molar-refractivity contribution in [2.75, 3.05) is 7.05 Å². The van der Waals surface area contributed by atoms with Crippen LogP contribution in [0.4, 0.5) is 0 Å². The molecule has 2 aromatic rings. The van der Waals surface area contributed by atoms with Crippen LogP contribution in [0.25, 0.3) is 11.7 Å². The van der Waals surface area contributed by atoms with Gasteiger partial charge in [0.15, 0.2) is 11.6 Å².